The molecule has 1 rings (SSSR count). The summed E-state index contributed by atoms with van der Waals surface area (Å²) in [7, 11) is 0. The van der Waals surface area contributed by atoms with E-state index in [9.17, 15) is 9.90 Å². The van der Waals surface area contributed by atoms with E-state index in [1.807, 2.05) is 12.1 Å². The summed E-state index contributed by atoms with van der Waals surface area (Å²) in [5, 5.41) is 12.6. The Morgan fingerprint density at radius 2 is 1.80 bits per heavy atom. The highest BCUT2D eigenvalue weighted by molar-refractivity contribution is 5.81. The van der Waals surface area contributed by atoms with Crippen molar-refractivity contribution in [3.8, 4) is 5.75 Å². The number of carbonyl (C=O) groups excluding carboxylic acids is 1. The van der Waals surface area contributed by atoms with Crippen LogP contribution in [-0.2, 0) is 11.2 Å². The van der Waals surface area contributed by atoms with Gasteiger partial charge in [-0.1, -0.05) is 44.7 Å². The van der Waals surface area contributed by atoms with Gasteiger partial charge >= 0.3 is 0 Å². The van der Waals surface area contributed by atoms with Crippen LogP contribution in [0.25, 0.3) is 0 Å². The van der Waals surface area contributed by atoms with Crippen LogP contribution in [0.5, 0.6) is 5.75 Å². The first-order valence-electron chi connectivity index (χ1n) is 7.65. The van der Waals surface area contributed by atoms with Crippen LogP contribution in [0.4, 0.5) is 0 Å². The smallest absolute Gasteiger partial charge is 0.147 e. The van der Waals surface area contributed by atoms with E-state index in [0.717, 1.165) is 18.5 Å². The van der Waals surface area contributed by atoms with Gasteiger partial charge in [0, 0.05) is 0 Å². The van der Waals surface area contributed by atoms with Crippen molar-refractivity contribution in [2.75, 3.05) is 6.54 Å². The van der Waals surface area contributed by atoms with Gasteiger partial charge in [0.2, 0.25) is 0 Å². The molecule has 0 radical (unpaired) electrons. The van der Waals surface area contributed by atoms with Gasteiger partial charge in [-0.2, -0.15) is 0 Å². The summed E-state index contributed by atoms with van der Waals surface area (Å²) in [6, 6.07) is 6.95. The minimum Gasteiger partial charge on any atom is -0.508 e. The first-order valence-corrected chi connectivity index (χ1v) is 7.65. The summed E-state index contributed by atoms with van der Waals surface area (Å²) < 4.78 is 0. The summed E-state index contributed by atoms with van der Waals surface area (Å²) in [5.41, 5.74) is 1.07. The largest absolute Gasteiger partial charge is 0.508 e. The lowest BCUT2D eigenvalue weighted by Crippen LogP contribution is -2.37. The first-order chi connectivity index (χ1) is 9.63. The number of phenols is 1. The number of carbonyl (C=O) groups is 1. The van der Waals surface area contributed by atoms with Crippen molar-refractivity contribution in [1.82, 2.24) is 5.32 Å². The number of benzene rings is 1. The fourth-order valence-corrected chi connectivity index (χ4v) is 2.23. The molecule has 1 atom stereocenters. The van der Waals surface area contributed by atoms with Crippen molar-refractivity contribution in [1.29, 1.82) is 0 Å². The minimum absolute atomic E-state index is 0.120. The number of phenolic OH excluding ortho intramolecular Hbond substituents is 1. The average Bonchev–Trinajstić information content (AvgIpc) is 2.43. The van der Waals surface area contributed by atoms with Crippen molar-refractivity contribution >= 4 is 5.78 Å². The fraction of sp³-hybridized carbons (Fsp3) is 0.588. The second-order valence-corrected chi connectivity index (χ2v) is 5.40. The van der Waals surface area contributed by atoms with Crippen molar-refractivity contribution in [3.63, 3.8) is 0 Å². The first kappa shape index (κ1) is 16.7. The summed E-state index contributed by atoms with van der Waals surface area (Å²) in [6.07, 6.45) is 6.86. The van der Waals surface area contributed by atoms with E-state index >= 15 is 0 Å². The van der Waals surface area contributed by atoms with E-state index in [2.05, 4.69) is 12.2 Å². The molecule has 0 amide bonds. The van der Waals surface area contributed by atoms with Gasteiger partial charge in [-0.25, -0.2) is 0 Å². The lowest BCUT2D eigenvalue weighted by molar-refractivity contribution is -0.118. The molecule has 3 nitrogen and oxygen atoms in total. The summed E-state index contributed by atoms with van der Waals surface area (Å²) >= 11 is 0. The molecule has 112 valence electrons. The molecule has 1 unspecified atom stereocenters. The monoisotopic (exact) mass is 277 g/mol. The third-order valence-electron chi connectivity index (χ3n) is 3.54. The Labute approximate surface area is 122 Å². The lowest BCUT2D eigenvalue weighted by Gasteiger charge is -2.16. The van der Waals surface area contributed by atoms with E-state index in [1.54, 1.807) is 19.1 Å². The summed E-state index contributed by atoms with van der Waals surface area (Å²) in [6.45, 7) is 4.74. The minimum atomic E-state index is -0.120. The number of hydrogen-bond acceptors (Lipinski definition) is 3. The number of nitrogens with one attached hydrogen (secondary N) is 1. The molecule has 0 aliphatic carbocycles. The third kappa shape index (κ3) is 6.71. The molecule has 0 saturated carbocycles. The number of Topliss-reactive ketones (excluding diaryl/α,β-unsaturated/α-hetero) is 1. The predicted molar refractivity (Wildman–Crippen MR) is 83.0 cm³/mol. The Bertz CT molecular complexity index is 386. The molecule has 0 bridgehead atoms. The van der Waals surface area contributed by atoms with Crippen LogP contribution in [0.2, 0.25) is 0 Å². The van der Waals surface area contributed by atoms with Crippen LogP contribution in [0, 0.1) is 0 Å². The SMILES string of the molecule is CCCCCCCNC(Cc1ccc(O)cc1)C(C)=O. The number of aromatic hydroxyl groups is 1. The second kappa shape index (κ2) is 9.54. The molecule has 20 heavy (non-hydrogen) atoms. The molecule has 0 heterocycles. The van der Waals surface area contributed by atoms with Crippen molar-refractivity contribution in [2.24, 2.45) is 0 Å². The lowest BCUT2D eigenvalue weighted by atomic mass is 10.0. The molecule has 0 spiro atoms. The van der Waals surface area contributed by atoms with Crippen LogP contribution in [0.3, 0.4) is 0 Å². The zero-order valence-corrected chi connectivity index (χ0v) is 12.7. The van der Waals surface area contributed by atoms with Gasteiger partial charge in [-0.05, 0) is 44.0 Å². The topological polar surface area (TPSA) is 49.3 Å². The highest BCUT2D eigenvalue weighted by atomic mass is 16.3. The van der Waals surface area contributed by atoms with Crippen LogP contribution < -0.4 is 5.32 Å². The van der Waals surface area contributed by atoms with Gasteiger partial charge < -0.3 is 10.4 Å². The maximum absolute atomic E-state index is 11.7. The Balaban J connectivity index is 2.33. The number of rotatable bonds is 10. The maximum atomic E-state index is 11.7. The molecule has 0 saturated heterocycles. The van der Waals surface area contributed by atoms with Crippen LogP contribution in [-0.4, -0.2) is 23.5 Å². The summed E-state index contributed by atoms with van der Waals surface area (Å²) in [4.78, 5) is 11.7. The molecule has 0 aromatic heterocycles. The fourth-order valence-electron chi connectivity index (χ4n) is 2.23. The van der Waals surface area contributed by atoms with Gasteiger partial charge in [-0.3, -0.25) is 4.79 Å². The van der Waals surface area contributed by atoms with Gasteiger partial charge in [-0.15, -0.1) is 0 Å². The van der Waals surface area contributed by atoms with Crippen LogP contribution in [0.15, 0.2) is 24.3 Å². The molecule has 2 N–H and O–H groups in total. The highest BCUT2D eigenvalue weighted by Crippen LogP contribution is 2.11. The third-order valence-corrected chi connectivity index (χ3v) is 3.54. The van der Waals surface area contributed by atoms with Gasteiger partial charge in [0.15, 0.2) is 0 Å². The van der Waals surface area contributed by atoms with Crippen molar-refractivity contribution < 1.29 is 9.90 Å². The molecule has 3 heteroatoms. The molecule has 1 aromatic carbocycles. The predicted octanol–water partition coefficient (Wildman–Crippen LogP) is 3.45. The Morgan fingerprint density at radius 3 is 2.40 bits per heavy atom. The van der Waals surface area contributed by atoms with E-state index in [1.165, 1.54) is 25.7 Å². The average molecular weight is 277 g/mol. The second-order valence-electron chi connectivity index (χ2n) is 5.40. The number of hydrogen-bond donors (Lipinski definition) is 2. The molecule has 1 aromatic rings. The zero-order valence-electron chi connectivity index (χ0n) is 12.7. The molecule has 0 aliphatic heterocycles. The quantitative estimate of drug-likeness (QED) is 0.644. The van der Waals surface area contributed by atoms with Crippen molar-refractivity contribution in [3.05, 3.63) is 29.8 Å². The van der Waals surface area contributed by atoms with Crippen LogP contribution >= 0.6 is 0 Å². The van der Waals surface area contributed by atoms with E-state index in [-0.39, 0.29) is 17.6 Å². The summed E-state index contributed by atoms with van der Waals surface area (Å²) in [5.74, 6) is 0.434. The Hall–Kier alpha value is -1.35. The molecule has 0 fully saturated rings. The number of ketones is 1. The maximum Gasteiger partial charge on any atom is 0.147 e. The van der Waals surface area contributed by atoms with E-state index in [4.69, 9.17) is 0 Å². The van der Waals surface area contributed by atoms with Gasteiger partial charge in [0.1, 0.15) is 11.5 Å². The number of unbranched alkanes of at least 4 members (excludes halogenated alkanes) is 4. The standard InChI is InChI=1S/C17H27NO2/c1-3-4-5-6-7-12-18-17(14(2)19)13-15-8-10-16(20)11-9-15/h8-11,17-18,20H,3-7,12-13H2,1-2H3. The normalized spacial score (nSPS) is 12.3. The van der Waals surface area contributed by atoms with Gasteiger partial charge in [0.25, 0.3) is 0 Å². The van der Waals surface area contributed by atoms with E-state index in [0.29, 0.717) is 6.42 Å². The van der Waals surface area contributed by atoms with Crippen molar-refractivity contribution in [2.45, 2.75) is 58.4 Å². The van der Waals surface area contributed by atoms with Crippen LogP contribution in [0.1, 0.15) is 51.5 Å². The van der Waals surface area contributed by atoms with Gasteiger partial charge in [0.05, 0.1) is 6.04 Å². The molecule has 0 aliphatic rings. The Morgan fingerprint density at radius 1 is 1.15 bits per heavy atom. The molecular formula is C17H27NO2. The zero-order chi connectivity index (χ0) is 14.8. The van der Waals surface area contributed by atoms with E-state index < -0.39 is 0 Å². The highest BCUT2D eigenvalue weighted by Gasteiger charge is 2.13. The molecular weight excluding hydrogens is 250 g/mol. The Kier molecular flexibility index (Phi) is 7.97.